The van der Waals surface area contributed by atoms with E-state index in [1.165, 1.54) is 29.9 Å². The number of ether oxygens (including phenoxy) is 1. The number of esters is 1. The highest BCUT2D eigenvalue weighted by atomic mass is 35.5. The molecule has 0 amide bonds. The van der Waals surface area contributed by atoms with E-state index in [1.54, 1.807) is 43.3 Å². The van der Waals surface area contributed by atoms with Crippen LogP contribution in [0.15, 0.2) is 69.6 Å². The molecule has 0 saturated carbocycles. The van der Waals surface area contributed by atoms with E-state index in [0.717, 1.165) is 16.9 Å². The third-order valence-electron chi connectivity index (χ3n) is 5.02. The van der Waals surface area contributed by atoms with Crippen molar-refractivity contribution in [2.75, 3.05) is 7.11 Å². The van der Waals surface area contributed by atoms with E-state index in [9.17, 15) is 19.7 Å². The first-order chi connectivity index (χ1) is 15.3. The first-order valence-electron chi connectivity index (χ1n) is 9.41. The Hall–Kier alpha value is -3.56. The van der Waals surface area contributed by atoms with E-state index >= 15 is 0 Å². The summed E-state index contributed by atoms with van der Waals surface area (Å²) in [6.07, 6.45) is 1.69. The van der Waals surface area contributed by atoms with Gasteiger partial charge >= 0.3 is 5.97 Å². The Labute approximate surface area is 190 Å². The number of fused-ring (bicyclic) bond motifs is 1. The normalized spacial score (nSPS) is 15.8. The lowest BCUT2D eigenvalue weighted by Crippen LogP contribution is -2.40. The van der Waals surface area contributed by atoms with Crippen LogP contribution in [0.1, 0.15) is 24.1 Å². The lowest BCUT2D eigenvalue weighted by molar-refractivity contribution is -0.385. The summed E-state index contributed by atoms with van der Waals surface area (Å²) in [5.41, 5.74) is 0.741. The number of benzene rings is 2. The number of carbonyl (C=O) groups excluding carboxylic acids is 1. The topological polar surface area (TPSA) is 104 Å². The molecule has 0 spiro atoms. The zero-order valence-electron chi connectivity index (χ0n) is 16.9. The van der Waals surface area contributed by atoms with Crippen LogP contribution in [-0.2, 0) is 9.53 Å². The lowest BCUT2D eigenvalue weighted by Gasteiger charge is -2.24. The molecule has 0 N–H and O–H groups in total. The number of halogens is 1. The number of aromatic nitrogens is 1. The summed E-state index contributed by atoms with van der Waals surface area (Å²) in [7, 11) is 1.21. The number of nitro benzene ring substituents is 1. The highest BCUT2D eigenvalue weighted by Crippen LogP contribution is 2.35. The van der Waals surface area contributed by atoms with Gasteiger partial charge in [-0.2, -0.15) is 0 Å². The summed E-state index contributed by atoms with van der Waals surface area (Å²) in [6, 6.07) is 11.9. The van der Waals surface area contributed by atoms with Gasteiger partial charge in [-0.25, -0.2) is 9.79 Å². The molecule has 0 saturated heterocycles. The maximum Gasteiger partial charge on any atom is 0.338 e. The molecule has 3 aromatic rings. The molecule has 8 nitrogen and oxygen atoms in total. The summed E-state index contributed by atoms with van der Waals surface area (Å²) < 4.78 is 6.60. The first-order valence-corrected chi connectivity index (χ1v) is 10.6. The minimum atomic E-state index is -1.05. The predicted octanol–water partition coefficient (Wildman–Crippen LogP) is 2.97. The van der Waals surface area contributed by atoms with Crippen LogP contribution < -0.4 is 14.9 Å². The van der Waals surface area contributed by atoms with Crippen molar-refractivity contribution < 1.29 is 14.5 Å². The third-order valence-corrected chi connectivity index (χ3v) is 6.26. The molecule has 162 valence electrons. The van der Waals surface area contributed by atoms with Gasteiger partial charge in [0, 0.05) is 11.1 Å². The quantitative estimate of drug-likeness (QED) is 0.332. The van der Waals surface area contributed by atoms with Crippen LogP contribution >= 0.6 is 22.9 Å². The lowest BCUT2D eigenvalue weighted by atomic mass is 9.94. The van der Waals surface area contributed by atoms with Crippen molar-refractivity contribution in [3.05, 3.63) is 106 Å². The van der Waals surface area contributed by atoms with Gasteiger partial charge in [0.05, 0.1) is 33.4 Å². The van der Waals surface area contributed by atoms with Crippen LogP contribution in [0.3, 0.4) is 0 Å². The number of para-hydroxylation sites is 1. The van der Waals surface area contributed by atoms with Crippen LogP contribution in [-0.4, -0.2) is 22.6 Å². The molecule has 0 fully saturated rings. The van der Waals surface area contributed by atoms with Crippen molar-refractivity contribution in [1.82, 2.24) is 4.57 Å². The van der Waals surface area contributed by atoms with Gasteiger partial charge in [-0.3, -0.25) is 19.5 Å². The fraction of sp³-hybridized carbons (Fsp3) is 0.136. The SMILES string of the molecule is COC(=O)C1=C(C)N=c2s/c(=C\c3ccc(Cl)cc3)c(=O)n2[C@H]1c1ccccc1[N+](=O)[O-]. The molecule has 1 aliphatic heterocycles. The van der Waals surface area contributed by atoms with Crippen LogP contribution in [0.2, 0.25) is 5.02 Å². The average molecular weight is 470 g/mol. The number of nitrogens with zero attached hydrogens (tertiary/aromatic N) is 3. The number of hydrogen-bond donors (Lipinski definition) is 0. The molecule has 0 bridgehead atoms. The Bertz CT molecular complexity index is 1450. The molecular weight excluding hydrogens is 454 g/mol. The van der Waals surface area contributed by atoms with Gasteiger partial charge in [-0.05, 0) is 36.8 Å². The number of nitro groups is 1. The van der Waals surface area contributed by atoms with Crippen molar-refractivity contribution in [2.24, 2.45) is 4.99 Å². The Morgan fingerprint density at radius 1 is 1.25 bits per heavy atom. The van der Waals surface area contributed by atoms with E-state index in [2.05, 4.69) is 4.99 Å². The maximum absolute atomic E-state index is 13.4. The fourth-order valence-electron chi connectivity index (χ4n) is 3.58. The number of carbonyl (C=O) groups is 1. The van der Waals surface area contributed by atoms with Crippen LogP contribution in [0.25, 0.3) is 6.08 Å². The van der Waals surface area contributed by atoms with Gasteiger partial charge in [0.2, 0.25) is 0 Å². The second-order valence-electron chi connectivity index (χ2n) is 6.94. The van der Waals surface area contributed by atoms with Gasteiger partial charge in [0.1, 0.15) is 6.04 Å². The average Bonchev–Trinajstić information content (AvgIpc) is 3.08. The van der Waals surface area contributed by atoms with Crippen molar-refractivity contribution in [3.63, 3.8) is 0 Å². The van der Waals surface area contributed by atoms with E-state index in [1.807, 2.05) is 0 Å². The number of hydrogen-bond acceptors (Lipinski definition) is 7. The van der Waals surface area contributed by atoms with Crippen LogP contribution in [0, 0.1) is 10.1 Å². The molecule has 2 aromatic carbocycles. The summed E-state index contributed by atoms with van der Waals surface area (Å²) in [6.45, 7) is 1.62. The van der Waals surface area contributed by atoms with Crippen molar-refractivity contribution in [1.29, 1.82) is 0 Å². The van der Waals surface area contributed by atoms with E-state index in [0.29, 0.717) is 20.1 Å². The zero-order chi connectivity index (χ0) is 23.0. The number of thiazole rings is 1. The van der Waals surface area contributed by atoms with E-state index in [-0.39, 0.29) is 16.8 Å². The molecule has 10 heteroatoms. The maximum atomic E-state index is 13.4. The van der Waals surface area contributed by atoms with Gasteiger partial charge in [0.15, 0.2) is 4.80 Å². The molecule has 1 aliphatic rings. The zero-order valence-corrected chi connectivity index (χ0v) is 18.5. The minimum Gasteiger partial charge on any atom is -0.466 e. The minimum absolute atomic E-state index is 0.0762. The second-order valence-corrected chi connectivity index (χ2v) is 8.39. The molecule has 2 heterocycles. The molecule has 0 unspecified atom stereocenters. The predicted molar refractivity (Wildman–Crippen MR) is 120 cm³/mol. The van der Waals surface area contributed by atoms with Crippen LogP contribution in [0.5, 0.6) is 0 Å². The Morgan fingerprint density at radius 3 is 2.59 bits per heavy atom. The molecule has 1 aromatic heterocycles. The summed E-state index contributed by atoms with van der Waals surface area (Å²) in [5.74, 6) is -0.707. The smallest absolute Gasteiger partial charge is 0.338 e. The Kier molecular flexibility index (Phi) is 5.77. The largest absolute Gasteiger partial charge is 0.466 e. The van der Waals surface area contributed by atoms with Gasteiger partial charge in [-0.1, -0.05) is 47.2 Å². The highest BCUT2D eigenvalue weighted by Gasteiger charge is 2.36. The van der Waals surface area contributed by atoms with Crippen LogP contribution in [0.4, 0.5) is 5.69 Å². The first kappa shape index (κ1) is 21.7. The Morgan fingerprint density at radius 2 is 1.94 bits per heavy atom. The molecule has 0 radical (unpaired) electrons. The van der Waals surface area contributed by atoms with Crippen molar-refractivity contribution in [3.8, 4) is 0 Å². The number of allylic oxidation sites excluding steroid dienone is 1. The van der Waals surface area contributed by atoms with Crippen molar-refractivity contribution >= 4 is 40.7 Å². The second kappa shape index (κ2) is 8.52. The van der Waals surface area contributed by atoms with E-state index < -0.39 is 22.5 Å². The Balaban J connectivity index is 2.02. The van der Waals surface area contributed by atoms with Gasteiger partial charge in [-0.15, -0.1) is 0 Å². The standard InChI is InChI=1S/C22H16ClN3O5S/c1-12-18(21(28)31-2)19(15-5-3-4-6-16(15)26(29)30)25-20(27)17(32-22(25)24-12)11-13-7-9-14(23)10-8-13/h3-11,19H,1-2H3/b17-11-/t19-/m0/s1. The molecule has 0 aliphatic carbocycles. The van der Waals surface area contributed by atoms with Gasteiger partial charge in [0.25, 0.3) is 11.2 Å². The molecule has 32 heavy (non-hydrogen) atoms. The van der Waals surface area contributed by atoms with Crippen molar-refractivity contribution in [2.45, 2.75) is 13.0 Å². The highest BCUT2D eigenvalue weighted by molar-refractivity contribution is 7.07. The summed E-state index contributed by atoms with van der Waals surface area (Å²) in [5, 5.41) is 12.3. The monoisotopic (exact) mass is 469 g/mol. The molecular formula is C22H16ClN3O5S. The number of methoxy groups -OCH3 is 1. The number of rotatable bonds is 4. The van der Waals surface area contributed by atoms with Gasteiger partial charge < -0.3 is 4.74 Å². The summed E-state index contributed by atoms with van der Waals surface area (Å²) in [4.78, 5) is 42.0. The summed E-state index contributed by atoms with van der Waals surface area (Å²) >= 11 is 7.07. The molecule has 4 rings (SSSR count). The van der Waals surface area contributed by atoms with E-state index in [4.69, 9.17) is 16.3 Å². The fourth-order valence-corrected chi connectivity index (χ4v) is 4.75. The molecule has 1 atom stereocenters. The third kappa shape index (κ3) is 3.76.